The van der Waals surface area contributed by atoms with Gasteiger partial charge < -0.3 is 0 Å². The molecule has 3 fully saturated rings. The van der Waals surface area contributed by atoms with Gasteiger partial charge in [0.25, 0.3) is 0 Å². The van der Waals surface area contributed by atoms with Crippen molar-refractivity contribution in [1.82, 2.24) is 0 Å². The first-order valence-corrected chi connectivity index (χ1v) is 3.97. The van der Waals surface area contributed by atoms with Crippen molar-refractivity contribution in [3.8, 4) is 0 Å². The summed E-state index contributed by atoms with van der Waals surface area (Å²) >= 11 is 0. The summed E-state index contributed by atoms with van der Waals surface area (Å²) in [7, 11) is 1.36. The van der Waals surface area contributed by atoms with Crippen LogP contribution in [0.3, 0.4) is 0 Å². The van der Waals surface area contributed by atoms with Crippen LogP contribution < -0.4 is 0 Å². The molecule has 0 amide bonds. The molecule has 0 N–H and O–H groups in total. The average molecular weight is 100 g/mol. The van der Waals surface area contributed by atoms with Gasteiger partial charge in [0.1, 0.15) is 0 Å². The van der Waals surface area contributed by atoms with E-state index in [1.54, 1.807) is 19.0 Å². The van der Waals surface area contributed by atoms with E-state index < -0.39 is 0 Å². The number of hydrogen-bond donors (Lipinski definition) is 0. The third kappa shape index (κ3) is 0.289. The molecule has 0 aromatic heterocycles. The van der Waals surface area contributed by atoms with Crippen molar-refractivity contribution < 1.29 is 0 Å². The molecule has 34 valence electrons. The van der Waals surface area contributed by atoms with Gasteiger partial charge in [-0.3, -0.25) is 0 Å². The van der Waals surface area contributed by atoms with Gasteiger partial charge in [0, 0.05) is 0 Å². The summed E-state index contributed by atoms with van der Waals surface area (Å²) in [5.74, 6) is 1.20. The Balaban J connectivity index is 2.16. The molecule has 2 bridgehead atoms. The van der Waals surface area contributed by atoms with Gasteiger partial charge in [-0.25, -0.2) is 0 Å². The summed E-state index contributed by atoms with van der Waals surface area (Å²) in [5.41, 5.74) is 1.22. The van der Waals surface area contributed by atoms with Gasteiger partial charge in [0.15, 0.2) is 0 Å². The fourth-order valence-electron chi connectivity index (χ4n) is 1.40. The minimum Gasteiger partial charge on any atom is -0.119 e. The van der Waals surface area contributed by atoms with Crippen LogP contribution in [0.15, 0.2) is 0 Å². The lowest BCUT2D eigenvalue weighted by Gasteiger charge is -2.20. The lowest BCUT2D eigenvalue weighted by atomic mass is 9.87. The Morgan fingerprint density at radius 2 is 2.17 bits per heavy atom. The molecule has 1 unspecified atom stereocenters. The van der Waals surface area contributed by atoms with E-state index in [1.165, 1.54) is 20.2 Å². The maximum Gasteiger partial charge on any atom is -0.0231 e. The van der Waals surface area contributed by atoms with Crippen molar-refractivity contribution in [2.24, 2.45) is 5.92 Å². The maximum absolute atomic E-state index is 1.60. The van der Waals surface area contributed by atoms with Crippen LogP contribution in [0.4, 0.5) is 0 Å². The van der Waals surface area contributed by atoms with Gasteiger partial charge >= 0.3 is 0 Å². The second-order valence-electron chi connectivity index (χ2n) is 2.44. The Labute approximate surface area is 40.1 Å². The molecule has 0 spiro atoms. The lowest BCUT2D eigenvalue weighted by molar-refractivity contribution is 0.397. The molecule has 0 nitrogen and oxygen atoms in total. The fourth-order valence-corrected chi connectivity index (χ4v) is 3.40. The molecule has 2 heterocycles. The summed E-state index contributed by atoms with van der Waals surface area (Å²) in [5, 5.41) is 0. The van der Waals surface area contributed by atoms with Crippen molar-refractivity contribution in [2.45, 2.75) is 18.5 Å². The van der Waals surface area contributed by atoms with Gasteiger partial charge in [-0.05, 0) is 30.6 Å². The molecule has 2 saturated heterocycles. The average Bonchev–Trinajstić information content (AvgIpc) is 1.72. The molecule has 1 saturated carbocycles. The summed E-state index contributed by atoms with van der Waals surface area (Å²) < 4.78 is 0. The third-order valence-electron chi connectivity index (χ3n) is 1.93. The predicted octanol–water partition coefficient (Wildman–Crippen LogP) is 1.46. The van der Waals surface area contributed by atoms with Crippen LogP contribution in [0.2, 0.25) is 0 Å². The molecule has 6 heavy (non-hydrogen) atoms. The van der Waals surface area contributed by atoms with Crippen molar-refractivity contribution in [3.05, 3.63) is 0 Å². The standard InChI is InChI=1S/C5H9P/c1-4-2-5(1)6-3-4/h4-6H,1-3H2. The minimum absolute atomic E-state index is 1.20. The van der Waals surface area contributed by atoms with Gasteiger partial charge in [0.2, 0.25) is 0 Å². The van der Waals surface area contributed by atoms with E-state index in [1.807, 2.05) is 0 Å². The normalized spacial score (nSPS) is 56.0. The second-order valence-corrected chi connectivity index (χ2v) is 4.08. The number of fused-ring (bicyclic) bond motifs is 1. The molecule has 0 aromatic rings. The zero-order valence-corrected chi connectivity index (χ0v) is 4.78. The van der Waals surface area contributed by atoms with E-state index in [0.29, 0.717) is 0 Å². The fraction of sp³-hybridized carbons (Fsp3) is 1.00. The summed E-state index contributed by atoms with van der Waals surface area (Å²) in [6.45, 7) is 0. The third-order valence-corrected chi connectivity index (χ3v) is 3.79. The number of hydrogen-bond acceptors (Lipinski definition) is 0. The quantitative estimate of drug-likeness (QED) is 0.404. The van der Waals surface area contributed by atoms with E-state index in [2.05, 4.69) is 0 Å². The summed E-state index contributed by atoms with van der Waals surface area (Å²) in [4.78, 5) is 0. The summed E-state index contributed by atoms with van der Waals surface area (Å²) in [6, 6.07) is 0. The van der Waals surface area contributed by atoms with Crippen LogP contribution in [0.1, 0.15) is 12.8 Å². The van der Waals surface area contributed by atoms with E-state index in [-0.39, 0.29) is 0 Å². The van der Waals surface area contributed by atoms with E-state index >= 15 is 0 Å². The van der Waals surface area contributed by atoms with Crippen molar-refractivity contribution in [2.75, 3.05) is 6.16 Å². The summed E-state index contributed by atoms with van der Waals surface area (Å²) in [6.07, 6.45) is 4.78. The van der Waals surface area contributed by atoms with Crippen LogP contribution >= 0.6 is 8.58 Å². The first-order chi connectivity index (χ1) is 2.95. The Bertz CT molecular complexity index is 50.8. The van der Waals surface area contributed by atoms with Crippen molar-refractivity contribution in [3.63, 3.8) is 0 Å². The van der Waals surface area contributed by atoms with E-state index in [9.17, 15) is 0 Å². The van der Waals surface area contributed by atoms with Crippen molar-refractivity contribution in [1.29, 1.82) is 0 Å². The highest BCUT2D eigenvalue weighted by Crippen LogP contribution is 2.51. The van der Waals surface area contributed by atoms with Crippen LogP contribution in [-0.4, -0.2) is 11.8 Å². The first kappa shape index (κ1) is 3.43. The second kappa shape index (κ2) is 0.980. The van der Waals surface area contributed by atoms with Gasteiger partial charge in [-0.1, -0.05) is 0 Å². The highest BCUT2D eigenvalue weighted by atomic mass is 31.1. The van der Waals surface area contributed by atoms with E-state index in [4.69, 9.17) is 0 Å². The molecule has 2 aliphatic heterocycles. The molecule has 3 rings (SSSR count). The molecule has 0 radical (unpaired) electrons. The predicted molar refractivity (Wildman–Crippen MR) is 29.7 cm³/mol. The van der Waals surface area contributed by atoms with Gasteiger partial charge in [-0.15, -0.1) is 8.58 Å². The highest BCUT2D eigenvalue weighted by molar-refractivity contribution is 7.39. The molecule has 1 aliphatic carbocycles. The Morgan fingerprint density at radius 3 is 2.33 bits per heavy atom. The molecule has 0 aromatic carbocycles. The topological polar surface area (TPSA) is 0 Å². The Hall–Kier alpha value is 0.430. The molecular weight excluding hydrogens is 91.0 g/mol. The van der Waals surface area contributed by atoms with Crippen LogP contribution in [0, 0.1) is 5.92 Å². The first-order valence-electron chi connectivity index (χ1n) is 2.68. The largest absolute Gasteiger partial charge is 0.119 e. The Morgan fingerprint density at radius 1 is 1.33 bits per heavy atom. The monoisotopic (exact) mass is 100 g/mol. The van der Waals surface area contributed by atoms with Gasteiger partial charge in [-0.2, -0.15) is 0 Å². The molecular formula is C5H9P. The zero-order valence-electron chi connectivity index (χ0n) is 3.78. The molecule has 1 atom stereocenters. The maximum atomic E-state index is 1.60. The van der Waals surface area contributed by atoms with E-state index in [0.717, 1.165) is 0 Å². The lowest BCUT2D eigenvalue weighted by Crippen LogP contribution is -2.15. The van der Waals surface area contributed by atoms with Gasteiger partial charge in [0.05, 0.1) is 0 Å². The number of rotatable bonds is 0. The Kier molecular flexibility index (Phi) is 0.561. The SMILES string of the molecule is C1PC2CC1C2. The zero-order chi connectivity index (χ0) is 3.98. The molecule has 1 heteroatoms. The van der Waals surface area contributed by atoms with Crippen LogP contribution in [0.5, 0.6) is 0 Å². The van der Waals surface area contributed by atoms with Crippen molar-refractivity contribution >= 4 is 8.58 Å². The smallest absolute Gasteiger partial charge is 0.0231 e. The van der Waals surface area contributed by atoms with Crippen LogP contribution in [-0.2, 0) is 0 Å². The molecule has 3 aliphatic rings. The highest BCUT2D eigenvalue weighted by Gasteiger charge is 2.35. The van der Waals surface area contributed by atoms with Crippen LogP contribution in [0.25, 0.3) is 0 Å². The minimum atomic E-state index is 1.20.